The Balaban J connectivity index is 1.75. The minimum absolute atomic E-state index is 0.0846. The lowest BCUT2D eigenvalue weighted by atomic mass is 10.2. The number of ether oxygens (including phenoxy) is 1. The molecule has 0 aliphatic heterocycles. The molecule has 3 aromatic rings. The van der Waals surface area contributed by atoms with Gasteiger partial charge in [0.2, 0.25) is 0 Å². The average Bonchev–Trinajstić information content (AvgIpc) is 3.08. The lowest BCUT2D eigenvalue weighted by Gasteiger charge is -2.11. The number of pyridine rings is 1. The molecule has 1 aromatic carbocycles. The van der Waals surface area contributed by atoms with Crippen LogP contribution in [0.4, 0.5) is 11.5 Å². The largest absolute Gasteiger partial charge is 0.492 e. The molecule has 0 bridgehead atoms. The Bertz CT molecular complexity index is 968. The van der Waals surface area contributed by atoms with Crippen molar-refractivity contribution in [1.82, 2.24) is 10.1 Å². The Morgan fingerprint density at radius 1 is 1.04 bits per heavy atom. The van der Waals surface area contributed by atoms with Crippen LogP contribution in [-0.2, 0) is 0 Å². The summed E-state index contributed by atoms with van der Waals surface area (Å²) in [5.74, 6) is 0.463. The number of carbonyl (C=O) groups excluding carboxylic acids is 2. The number of para-hydroxylation sites is 2. The molecule has 0 aliphatic rings. The van der Waals surface area contributed by atoms with E-state index < -0.39 is 11.8 Å². The van der Waals surface area contributed by atoms with Crippen molar-refractivity contribution in [3.63, 3.8) is 0 Å². The highest BCUT2D eigenvalue weighted by Crippen LogP contribution is 2.24. The Labute approximate surface area is 155 Å². The molecule has 138 valence electrons. The quantitative estimate of drug-likeness (QED) is 0.693. The topological polar surface area (TPSA) is 106 Å². The van der Waals surface area contributed by atoms with Crippen LogP contribution in [0.25, 0.3) is 0 Å². The standard InChI is InChI=1S/C19H18N4O4/c1-3-26-16-10-5-4-7-13(16)21-18(24)14-8-6-9-15(20-14)19(25)22-17-11-12(2)27-23-17/h4-11H,3H2,1-2H3,(H,21,24)(H,22,23,25). The molecule has 0 saturated carbocycles. The first-order chi connectivity index (χ1) is 13.1. The van der Waals surface area contributed by atoms with Crippen molar-refractivity contribution in [2.24, 2.45) is 0 Å². The van der Waals surface area contributed by atoms with E-state index >= 15 is 0 Å². The van der Waals surface area contributed by atoms with Crippen LogP contribution >= 0.6 is 0 Å². The third-order valence-electron chi connectivity index (χ3n) is 3.52. The first-order valence-corrected chi connectivity index (χ1v) is 8.31. The van der Waals surface area contributed by atoms with E-state index in [0.29, 0.717) is 23.8 Å². The van der Waals surface area contributed by atoms with Crippen LogP contribution in [0.2, 0.25) is 0 Å². The van der Waals surface area contributed by atoms with E-state index in [1.54, 1.807) is 37.3 Å². The van der Waals surface area contributed by atoms with Crippen LogP contribution in [0.15, 0.2) is 53.1 Å². The molecule has 0 fully saturated rings. The maximum Gasteiger partial charge on any atom is 0.275 e. The lowest BCUT2D eigenvalue weighted by molar-refractivity contribution is 0.101. The number of amides is 2. The Kier molecular flexibility index (Phi) is 5.46. The molecule has 0 atom stereocenters. The highest BCUT2D eigenvalue weighted by atomic mass is 16.5. The van der Waals surface area contributed by atoms with E-state index in [0.717, 1.165) is 0 Å². The zero-order chi connectivity index (χ0) is 19.2. The number of hydrogen-bond donors (Lipinski definition) is 2. The summed E-state index contributed by atoms with van der Waals surface area (Å²) >= 11 is 0. The predicted octanol–water partition coefficient (Wildman–Crippen LogP) is 3.28. The fourth-order valence-corrected chi connectivity index (χ4v) is 2.33. The zero-order valence-corrected chi connectivity index (χ0v) is 14.9. The van der Waals surface area contributed by atoms with Gasteiger partial charge in [0.25, 0.3) is 11.8 Å². The molecule has 3 rings (SSSR count). The summed E-state index contributed by atoms with van der Waals surface area (Å²) in [6.07, 6.45) is 0. The van der Waals surface area contributed by atoms with Crippen molar-refractivity contribution in [3.05, 3.63) is 65.7 Å². The second kappa shape index (κ2) is 8.13. The molecule has 2 aromatic heterocycles. The summed E-state index contributed by atoms with van der Waals surface area (Å²) in [7, 11) is 0. The molecular weight excluding hydrogens is 348 g/mol. The second-order valence-electron chi connectivity index (χ2n) is 5.57. The number of carbonyl (C=O) groups is 2. The summed E-state index contributed by atoms with van der Waals surface area (Å²) in [6.45, 7) is 4.05. The summed E-state index contributed by atoms with van der Waals surface area (Å²) in [6, 6.07) is 13.3. The molecule has 2 heterocycles. The number of aryl methyl sites for hydroxylation is 1. The molecule has 8 heteroatoms. The van der Waals surface area contributed by atoms with E-state index in [2.05, 4.69) is 20.8 Å². The van der Waals surface area contributed by atoms with Gasteiger partial charge in [-0.05, 0) is 38.1 Å². The molecule has 0 spiro atoms. The van der Waals surface area contributed by atoms with Gasteiger partial charge in [-0.2, -0.15) is 0 Å². The average molecular weight is 366 g/mol. The van der Waals surface area contributed by atoms with Gasteiger partial charge in [-0.1, -0.05) is 23.4 Å². The number of aromatic nitrogens is 2. The molecule has 0 radical (unpaired) electrons. The van der Waals surface area contributed by atoms with Crippen LogP contribution in [0.5, 0.6) is 5.75 Å². The summed E-state index contributed by atoms with van der Waals surface area (Å²) in [5, 5.41) is 9.00. The van der Waals surface area contributed by atoms with Crippen molar-refractivity contribution in [2.75, 3.05) is 17.2 Å². The van der Waals surface area contributed by atoms with Crippen molar-refractivity contribution < 1.29 is 18.8 Å². The number of rotatable bonds is 6. The predicted molar refractivity (Wildman–Crippen MR) is 99.0 cm³/mol. The van der Waals surface area contributed by atoms with E-state index in [4.69, 9.17) is 9.26 Å². The first-order valence-electron chi connectivity index (χ1n) is 8.31. The summed E-state index contributed by atoms with van der Waals surface area (Å²) in [5.41, 5.74) is 0.714. The molecule has 27 heavy (non-hydrogen) atoms. The summed E-state index contributed by atoms with van der Waals surface area (Å²) in [4.78, 5) is 28.9. The third kappa shape index (κ3) is 4.49. The minimum atomic E-state index is -0.493. The minimum Gasteiger partial charge on any atom is -0.492 e. The van der Waals surface area contributed by atoms with E-state index in [1.807, 2.05) is 13.0 Å². The zero-order valence-electron chi connectivity index (χ0n) is 14.9. The third-order valence-corrected chi connectivity index (χ3v) is 3.52. The SMILES string of the molecule is CCOc1ccccc1NC(=O)c1cccc(C(=O)Nc2cc(C)on2)n1. The van der Waals surface area contributed by atoms with Gasteiger partial charge in [-0.3, -0.25) is 9.59 Å². The highest BCUT2D eigenvalue weighted by Gasteiger charge is 2.15. The molecule has 0 saturated heterocycles. The van der Waals surface area contributed by atoms with Gasteiger partial charge in [0, 0.05) is 6.07 Å². The van der Waals surface area contributed by atoms with Crippen LogP contribution in [0, 0.1) is 6.92 Å². The normalized spacial score (nSPS) is 10.3. The van der Waals surface area contributed by atoms with Crippen molar-refractivity contribution >= 4 is 23.3 Å². The van der Waals surface area contributed by atoms with Crippen molar-refractivity contribution in [2.45, 2.75) is 13.8 Å². The molecule has 2 N–H and O–H groups in total. The number of anilines is 2. The van der Waals surface area contributed by atoms with Gasteiger partial charge in [-0.25, -0.2) is 4.98 Å². The molecule has 0 aliphatic carbocycles. The smallest absolute Gasteiger partial charge is 0.275 e. The highest BCUT2D eigenvalue weighted by molar-refractivity contribution is 6.06. The van der Waals surface area contributed by atoms with Crippen LogP contribution < -0.4 is 15.4 Å². The summed E-state index contributed by atoms with van der Waals surface area (Å²) < 4.78 is 10.4. The Morgan fingerprint density at radius 3 is 2.41 bits per heavy atom. The fourth-order valence-electron chi connectivity index (χ4n) is 2.33. The second-order valence-corrected chi connectivity index (χ2v) is 5.57. The number of nitrogens with zero attached hydrogens (tertiary/aromatic N) is 2. The Hall–Kier alpha value is -3.68. The van der Waals surface area contributed by atoms with E-state index in [9.17, 15) is 9.59 Å². The maximum atomic E-state index is 12.5. The number of nitrogens with one attached hydrogen (secondary N) is 2. The van der Waals surface area contributed by atoms with Crippen LogP contribution in [-0.4, -0.2) is 28.6 Å². The van der Waals surface area contributed by atoms with Crippen molar-refractivity contribution in [1.29, 1.82) is 0 Å². The first kappa shape index (κ1) is 18.1. The van der Waals surface area contributed by atoms with Gasteiger partial charge >= 0.3 is 0 Å². The fraction of sp³-hybridized carbons (Fsp3) is 0.158. The van der Waals surface area contributed by atoms with Gasteiger partial charge in [0.1, 0.15) is 22.9 Å². The van der Waals surface area contributed by atoms with Crippen LogP contribution in [0.3, 0.4) is 0 Å². The van der Waals surface area contributed by atoms with Crippen LogP contribution in [0.1, 0.15) is 33.7 Å². The van der Waals surface area contributed by atoms with E-state index in [-0.39, 0.29) is 17.2 Å². The van der Waals surface area contributed by atoms with Crippen molar-refractivity contribution in [3.8, 4) is 5.75 Å². The lowest BCUT2D eigenvalue weighted by Crippen LogP contribution is -2.19. The Morgan fingerprint density at radius 2 is 1.74 bits per heavy atom. The van der Waals surface area contributed by atoms with Gasteiger partial charge in [0.15, 0.2) is 5.82 Å². The number of benzene rings is 1. The molecule has 0 unspecified atom stereocenters. The molecular formula is C19H18N4O4. The van der Waals surface area contributed by atoms with E-state index in [1.165, 1.54) is 12.1 Å². The van der Waals surface area contributed by atoms with Gasteiger partial charge in [-0.15, -0.1) is 0 Å². The molecule has 2 amide bonds. The number of hydrogen-bond acceptors (Lipinski definition) is 6. The van der Waals surface area contributed by atoms with Gasteiger partial charge in [0.05, 0.1) is 12.3 Å². The van der Waals surface area contributed by atoms with Gasteiger partial charge < -0.3 is 19.9 Å². The monoisotopic (exact) mass is 366 g/mol. The maximum absolute atomic E-state index is 12.5. The molecule has 8 nitrogen and oxygen atoms in total.